The number of aliphatic hydroxyl groups is 2. The van der Waals surface area contributed by atoms with Crippen LogP contribution < -0.4 is 20.5 Å². The fourth-order valence-corrected chi connectivity index (χ4v) is 8.72. The number of halogens is 3. The van der Waals surface area contributed by atoms with Crippen LogP contribution in [0.15, 0.2) is 71.9 Å². The molecule has 10 rings (SSSR count). The SMILES string of the molecule is C.Clc1ncnc2ccsc12.Nc1ccc(OC2CO[C@H]3[C@@H]2OC[C@@H]3O)c(Cl)c1.O[C@H]1CO[C@@H]2C(Oc3ccc(Nc4ncnc5ccsc45)cc3Cl)CO[C@@H]21. The molecule has 4 aliphatic heterocycles. The first kappa shape index (κ1) is 40.5. The van der Waals surface area contributed by atoms with E-state index in [9.17, 15) is 10.2 Å². The van der Waals surface area contributed by atoms with Crippen molar-refractivity contribution < 1.29 is 38.6 Å². The number of thiophene rings is 2. The average molecular weight is 864 g/mol. The molecule has 56 heavy (non-hydrogen) atoms. The highest BCUT2D eigenvalue weighted by Crippen LogP contribution is 2.36. The van der Waals surface area contributed by atoms with Crippen LogP contribution in [0.25, 0.3) is 20.4 Å². The van der Waals surface area contributed by atoms with Gasteiger partial charge in [-0.15, -0.1) is 22.7 Å². The quantitative estimate of drug-likeness (QED) is 0.101. The van der Waals surface area contributed by atoms with Gasteiger partial charge in [0.2, 0.25) is 0 Å². The third-order valence-electron chi connectivity index (χ3n) is 9.11. The molecule has 0 radical (unpaired) electrons. The second kappa shape index (κ2) is 17.9. The molecule has 4 saturated heterocycles. The summed E-state index contributed by atoms with van der Waals surface area (Å²) < 4.78 is 35.8. The summed E-state index contributed by atoms with van der Waals surface area (Å²) in [5.74, 6) is 1.83. The molecule has 14 nitrogen and oxygen atoms in total. The first-order chi connectivity index (χ1) is 26.7. The summed E-state index contributed by atoms with van der Waals surface area (Å²) >= 11 is 21.4. The standard InChI is InChI=1S/C18H16ClN3O4S.C12H14ClNO4.C6H3ClN2S.CH4/c19-10-5-9(22-18-17-11(3-4-27-17)20-8-21-18)1-2-13(10)26-14-7-25-15-12(23)6-24-16(14)15;13-7-3-6(14)1-2-9(7)18-10-5-17-11-8(15)4-16-12(10)11;7-6-5-4(1-2-10-5)8-3-9-6;/h1-5,8,12,14-16,23H,6-7H2,(H,20,21,22);1-3,8,10-12,15H,4-5,14H2;1-3H;1H4/t12-,14?,15+,16+;8-,10?,11+,12+;;/m00../s1. The molecule has 4 aromatic heterocycles. The number of hydrogen-bond donors (Lipinski definition) is 4. The van der Waals surface area contributed by atoms with Gasteiger partial charge in [-0.3, -0.25) is 0 Å². The lowest BCUT2D eigenvalue weighted by molar-refractivity contribution is 0.00863. The topological polar surface area (TPSA) is 185 Å². The normalized spacial score (nSPS) is 26.0. The van der Waals surface area contributed by atoms with Gasteiger partial charge in [0, 0.05) is 11.4 Å². The largest absolute Gasteiger partial charge is 0.484 e. The Morgan fingerprint density at radius 3 is 1.79 bits per heavy atom. The highest BCUT2D eigenvalue weighted by Gasteiger charge is 2.49. The van der Waals surface area contributed by atoms with Gasteiger partial charge in [-0.1, -0.05) is 42.2 Å². The lowest BCUT2D eigenvalue weighted by Gasteiger charge is -2.19. The Hall–Kier alpha value is -3.65. The lowest BCUT2D eigenvalue weighted by Crippen LogP contribution is -2.34. The van der Waals surface area contributed by atoms with Crippen LogP contribution in [0.5, 0.6) is 11.5 Å². The van der Waals surface area contributed by atoms with Crippen LogP contribution >= 0.6 is 57.5 Å². The Balaban J connectivity index is 0.000000142. The molecule has 2 aromatic carbocycles. The molecular weight excluding hydrogens is 827 g/mol. The zero-order valence-corrected chi connectivity index (χ0v) is 32.4. The lowest BCUT2D eigenvalue weighted by atomic mass is 10.1. The predicted octanol–water partition coefficient (Wildman–Crippen LogP) is 6.80. The summed E-state index contributed by atoms with van der Waals surface area (Å²) in [5.41, 5.74) is 8.82. The van der Waals surface area contributed by atoms with E-state index >= 15 is 0 Å². The van der Waals surface area contributed by atoms with Crippen molar-refractivity contribution in [1.82, 2.24) is 19.9 Å². The molecule has 4 fully saturated rings. The van der Waals surface area contributed by atoms with Crippen molar-refractivity contribution in [2.45, 2.75) is 56.3 Å². The van der Waals surface area contributed by atoms with E-state index in [2.05, 4.69) is 25.3 Å². The Labute approximate surface area is 344 Å². The highest BCUT2D eigenvalue weighted by atomic mass is 35.5. The van der Waals surface area contributed by atoms with Gasteiger partial charge >= 0.3 is 0 Å². The van der Waals surface area contributed by atoms with Crippen LogP contribution in [-0.2, 0) is 18.9 Å². The van der Waals surface area contributed by atoms with Crippen LogP contribution in [0.1, 0.15) is 7.43 Å². The molecule has 0 saturated carbocycles. The molecule has 8 atom stereocenters. The zero-order valence-electron chi connectivity index (χ0n) is 28.5. The second-order valence-electron chi connectivity index (χ2n) is 12.8. The van der Waals surface area contributed by atoms with E-state index in [1.165, 1.54) is 12.7 Å². The van der Waals surface area contributed by atoms with Gasteiger partial charge < -0.3 is 49.7 Å². The van der Waals surface area contributed by atoms with Crippen LogP contribution in [-0.4, -0.2) is 105 Å². The molecule has 4 aliphatic rings. The summed E-state index contributed by atoms with van der Waals surface area (Å²) in [7, 11) is 0. The molecule has 0 aliphatic carbocycles. The molecule has 5 N–H and O–H groups in total. The second-order valence-corrected chi connectivity index (χ2v) is 15.8. The minimum atomic E-state index is -0.604. The molecule has 0 amide bonds. The fraction of sp³-hybridized carbons (Fsp3) is 0.351. The maximum Gasteiger partial charge on any atom is 0.151 e. The average Bonchev–Trinajstić information content (AvgIpc) is 4.03. The van der Waals surface area contributed by atoms with Crippen LogP contribution in [0.4, 0.5) is 17.2 Å². The number of rotatable bonds is 6. The molecule has 296 valence electrons. The summed E-state index contributed by atoms with van der Waals surface area (Å²) in [6.07, 6.45) is 0.113. The van der Waals surface area contributed by atoms with Gasteiger partial charge in [0.05, 0.1) is 56.9 Å². The van der Waals surface area contributed by atoms with E-state index in [4.69, 9.17) is 69.0 Å². The number of fused-ring (bicyclic) bond motifs is 4. The first-order valence-electron chi connectivity index (χ1n) is 17.0. The van der Waals surface area contributed by atoms with Crippen molar-refractivity contribution in [3.8, 4) is 11.5 Å². The molecule has 0 bridgehead atoms. The Morgan fingerprint density at radius 1 is 0.661 bits per heavy atom. The predicted molar refractivity (Wildman–Crippen MR) is 217 cm³/mol. The van der Waals surface area contributed by atoms with Gasteiger partial charge in [0.15, 0.2) is 18.0 Å². The molecular formula is C37H37Cl3N6O8S2. The van der Waals surface area contributed by atoms with Crippen molar-refractivity contribution >= 4 is 95.1 Å². The van der Waals surface area contributed by atoms with E-state index in [0.29, 0.717) is 45.6 Å². The number of aliphatic hydroxyl groups excluding tert-OH is 2. The highest BCUT2D eigenvalue weighted by molar-refractivity contribution is 7.18. The van der Waals surface area contributed by atoms with E-state index in [1.54, 1.807) is 53.0 Å². The van der Waals surface area contributed by atoms with Crippen molar-refractivity contribution in [3.05, 3.63) is 87.1 Å². The van der Waals surface area contributed by atoms with Gasteiger partial charge in [0.25, 0.3) is 0 Å². The summed E-state index contributed by atoms with van der Waals surface area (Å²) in [6, 6.07) is 14.4. The molecule has 19 heteroatoms. The van der Waals surface area contributed by atoms with Gasteiger partial charge in [-0.05, 0) is 59.3 Å². The van der Waals surface area contributed by atoms with E-state index in [1.807, 2.05) is 29.0 Å². The van der Waals surface area contributed by atoms with E-state index in [-0.39, 0.29) is 57.3 Å². The van der Waals surface area contributed by atoms with Crippen molar-refractivity contribution in [2.75, 3.05) is 37.5 Å². The Morgan fingerprint density at radius 2 is 1.20 bits per heavy atom. The number of nitrogens with one attached hydrogen (secondary N) is 1. The zero-order chi connectivity index (χ0) is 38.1. The minimum Gasteiger partial charge on any atom is -0.484 e. The third-order valence-corrected chi connectivity index (χ3v) is 11.9. The van der Waals surface area contributed by atoms with E-state index in [0.717, 1.165) is 31.9 Å². The number of benzene rings is 2. The molecule has 2 unspecified atom stereocenters. The number of nitrogens with two attached hydrogens (primary N) is 1. The summed E-state index contributed by atoms with van der Waals surface area (Å²) in [5, 5.41) is 28.1. The summed E-state index contributed by atoms with van der Waals surface area (Å²) in [4.78, 5) is 16.4. The Kier molecular flexibility index (Phi) is 12.9. The maximum atomic E-state index is 9.82. The summed E-state index contributed by atoms with van der Waals surface area (Å²) in [6.45, 7) is 1.29. The number of aromatic nitrogens is 4. The Bertz CT molecular complexity index is 2270. The number of nitrogens with zero attached hydrogens (tertiary/aromatic N) is 4. The maximum absolute atomic E-state index is 9.82. The van der Waals surface area contributed by atoms with Crippen LogP contribution in [0.3, 0.4) is 0 Å². The van der Waals surface area contributed by atoms with Gasteiger partial charge in [-0.2, -0.15) is 0 Å². The molecule has 0 spiro atoms. The molecule has 8 heterocycles. The van der Waals surface area contributed by atoms with Crippen molar-refractivity contribution in [1.29, 1.82) is 0 Å². The number of anilines is 3. The van der Waals surface area contributed by atoms with Gasteiger partial charge in [0.1, 0.15) is 65.9 Å². The van der Waals surface area contributed by atoms with Crippen LogP contribution in [0.2, 0.25) is 15.2 Å². The monoisotopic (exact) mass is 862 g/mol. The van der Waals surface area contributed by atoms with E-state index < -0.39 is 12.2 Å². The van der Waals surface area contributed by atoms with Crippen molar-refractivity contribution in [3.63, 3.8) is 0 Å². The molecule has 6 aromatic rings. The smallest absolute Gasteiger partial charge is 0.151 e. The fourth-order valence-electron chi connectivity index (χ4n) is 6.48. The minimum absolute atomic E-state index is 0. The number of nitrogen functional groups attached to an aromatic ring is 1. The van der Waals surface area contributed by atoms with Gasteiger partial charge in [-0.25, -0.2) is 19.9 Å². The van der Waals surface area contributed by atoms with Crippen LogP contribution in [0, 0.1) is 0 Å². The number of hydrogen-bond acceptors (Lipinski definition) is 16. The first-order valence-corrected chi connectivity index (χ1v) is 19.9. The number of ether oxygens (including phenoxy) is 6. The third kappa shape index (κ3) is 8.75. The van der Waals surface area contributed by atoms with Crippen molar-refractivity contribution in [2.24, 2.45) is 0 Å².